The van der Waals surface area contributed by atoms with Crippen molar-refractivity contribution < 1.29 is 86.8 Å². The number of carbonyl (C=O) groups excluding carboxylic acids is 7. The first-order valence-electron chi connectivity index (χ1n) is 18.2. The van der Waals surface area contributed by atoms with Crippen LogP contribution >= 0.6 is 0 Å². The molecule has 4 aliphatic carbocycles. The molecular formula is C37H50O18. The second-order valence-electron chi connectivity index (χ2n) is 16.3. The minimum Gasteiger partial charge on any atom is -0.473 e. The van der Waals surface area contributed by atoms with Crippen molar-refractivity contribution in [1.82, 2.24) is 0 Å². The van der Waals surface area contributed by atoms with Crippen LogP contribution in [0.25, 0.3) is 0 Å². The fourth-order valence-corrected chi connectivity index (χ4v) is 12.0. The molecule has 0 spiro atoms. The molecule has 1 saturated heterocycles. The number of ketones is 1. The van der Waals surface area contributed by atoms with Crippen molar-refractivity contribution in [1.29, 1.82) is 0 Å². The lowest BCUT2D eigenvalue weighted by atomic mass is 9.32. The van der Waals surface area contributed by atoms with E-state index in [1.807, 2.05) is 0 Å². The summed E-state index contributed by atoms with van der Waals surface area (Å²) in [5.41, 5.74) is -11.2. The highest BCUT2D eigenvalue weighted by Gasteiger charge is 2.92. The number of carbonyl (C=O) groups is 8. The molecule has 0 aromatic carbocycles. The number of hydrogen-bond acceptors (Lipinski definition) is 17. The summed E-state index contributed by atoms with van der Waals surface area (Å²) in [5, 5.41) is 34.1. The van der Waals surface area contributed by atoms with Crippen LogP contribution in [0.4, 0.5) is 0 Å². The van der Waals surface area contributed by atoms with E-state index in [2.05, 4.69) is 0 Å². The van der Waals surface area contributed by atoms with E-state index in [4.69, 9.17) is 33.2 Å². The quantitative estimate of drug-likeness (QED) is 0.124. The first-order chi connectivity index (χ1) is 25.5. The molecule has 14 atom stereocenters. The van der Waals surface area contributed by atoms with Gasteiger partial charge < -0.3 is 48.5 Å². The third kappa shape index (κ3) is 5.59. The number of carboxylic acids is 1. The normalized spacial score (nSPS) is 43.8. The van der Waals surface area contributed by atoms with Crippen molar-refractivity contribution >= 4 is 47.6 Å². The molecule has 0 bridgehead atoms. The molecule has 0 aromatic heterocycles. The van der Waals surface area contributed by atoms with Crippen molar-refractivity contribution in [3.8, 4) is 0 Å². The number of carboxylic acid groups (broad SMARTS) is 1. The number of aliphatic carboxylic acids is 1. The summed E-state index contributed by atoms with van der Waals surface area (Å²) in [6.07, 6.45) is -8.47. The van der Waals surface area contributed by atoms with Crippen molar-refractivity contribution in [3.63, 3.8) is 0 Å². The molecule has 4 saturated carbocycles. The molecule has 0 radical (unpaired) electrons. The number of Topliss-reactive ketones (excluding diaryl/α,β-unsaturated/α-hetero) is 1. The van der Waals surface area contributed by atoms with Crippen LogP contribution in [-0.4, -0.2) is 125 Å². The zero-order valence-electron chi connectivity index (χ0n) is 32.3. The van der Waals surface area contributed by atoms with Gasteiger partial charge in [0.05, 0.1) is 23.5 Å². The first-order valence-corrected chi connectivity index (χ1v) is 18.2. The van der Waals surface area contributed by atoms with E-state index in [-0.39, 0.29) is 19.3 Å². The van der Waals surface area contributed by atoms with Crippen LogP contribution in [0, 0.1) is 39.4 Å². The van der Waals surface area contributed by atoms with Crippen molar-refractivity contribution in [2.45, 2.75) is 123 Å². The molecule has 5 aliphatic rings. The number of ether oxygens (including phenoxy) is 7. The van der Waals surface area contributed by atoms with Crippen molar-refractivity contribution in [3.05, 3.63) is 0 Å². The number of fused-ring (bicyclic) bond motifs is 7. The number of aliphatic hydroxyl groups is 2. The van der Waals surface area contributed by atoms with Crippen LogP contribution in [0.5, 0.6) is 0 Å². The molecular weight excluding hydrogens is 732 g/mol. The molecule has 18 heteroatoms. The fourth-order valence-electron chi connectivity index (χ4n) is 12.0. The predicted octanol–water partition coefficient (Wildman–Crippen LogP) is 0.433. The summed E-state index contributed by atoms with van der Waals surface area (Å²) in [6.45, 7) is 9.29. The second kappa shape index (κ2) is 13.8. The van der Waals surface area contributed by atoms with Crippen LogP contribution in [0.1, 0.15) is 81.1 Å². The zero-order valence-corrected chi connectivity index (χ0v) is 32.3. The number of epoxide rings is 1. The van der Waals surface area contributed by atoms with Crippen LogP contribution in [0.3, 0.4) is 0 Å². The number of aliphatic hydroxyl groups excluding tert-OH is 1. The summed E-state index contributed by atoms with van der Waals surface area (Å²) in [7, 11) is 1.06. The van der Waals surface area contributed by atoms with E-state index in [0.717, 1.165) is 34.8 Å². The van der Waals surface area contributed by atoms with Crippen LogP contribution in [0.15, 0.2) is 0 Å². The second-order valence-corrected chi connectivity index (χ2v) is 16.3. The first kappa shape index (κ1) is 42.0. The molecule has 18 nitrogen and oxygen atoms in total. The molecule has 306 valence electrons. The van der Waals surface area contributed by atoms with Gasteiger partial charge in [-0.3, -0.25) is 24.0 Å². The number of methoxy groups -OCH3 is 1. The summed E-state index contributed by atoms with van der Waals surface area (Å²) >= 11 is 0. The van der Waals surface area contributed by atoms with Gasteiger partial charge in [-0.2, -0.15) is 0 Å². The largest absolute Gasteiger partial charge is 0.473 e. The minimum atomic E-state index is -2.29. The Morgan fingerprint density at radius 2 is 1.40 bits per heavy atom. The van der Waals surface area contributed by atoms with Gasteiger partial charge >= 0.3 is 41.8 Å². The summed E-state index contributed by atoms with van der Waals surface area (Å²) < 4.78 is 40.5. The average molecular weight is 783 g/mol. The molecule has 55 heavy (non-hydrogen) atoms. The zero-order chi connectivity index (χ0) is 41.4. The van der Waals surface area contributed by atoms with Crippen molar-refractivity contribution in [2.75, 3.05) is 20.3 Å². The van der Waals surface area contributed by atoms with Gasteiger partial charge in [-0.25, -0.2) is 14.4 Å². The third-order valence-corrected chi connectivity index (χ3v) is 14.0. The predicted molar refractivity (Wildman–Crippen MR) is 179 cm³/mol. The number of rotatable bonds is 9. The molecule has 5 fully saturated rings. The number of esters is 6. The Bertz CT molecular complexity index is 1690. The maximum absolute atomic E-state index is 13.8. The Balaban J connectivity index is 1.88. The minimum absolute atomic E-state index is 0.00836. The highest BCUT2D eigenvalue weighted by molar-refractivity contribution is 6.28. The van der Waals surface area contributed by atoms with Gasteiger partial charge in [0, 0.05) is 58.0 Å². The smallest absolute Gasteiger partial charge is 0.417 e. The summed E-state index contributed by atoms with van der Waals surface area (Å²) in [4.78, 5) is 104. The summed E-state index contributed by atoms with van der Waals surface area (Å²) in [6, 6.07) is 0. The molecule has 1 heterocycles. The Morgan fingerprint density at radius 1 is 0.855 bits per heavy atom. The van der Waals surface area contributed by atoms with E-state index < -0.39 is 148 Å². The van der Waals surface area contributed by atoms with Crippen LogP contribution in [0.2, 0.25) is 0 Å². The van der Waals surface area contributed by atoms with Crippen LogP contribution < -0.4 is 0 Å². The maximum atomic E-state index is 13.8. The molecule has 1 aliphatic heterocycles. The van der Waals surface area contributed by atoms with E-state index in [1.54, 1.807) is 20.8 Å². The fraction of sp³-hybridized carbons (Fsp3) is 0.784. The van der Waals surface area contributed by atoms with Gasteiger partial charge in [0.25, 0.3) is 0 Å². The lowest BCUT2D eigenvalue weighted by Crippen LogP contribution is -2.84. The van der Waals surface area contributed by atoms with Gasteiger partial charge in [0.15, 0.2) is 18.0 Å². The Labute approximate surface area is 316 Å². The van der Waals surface area contributed by atoms with Crippen molar-refractivity contribution in [2.24, 2.45) is 39.4 Å². The van der Waals surface area contributed by atoms with E-state index >= 15 is 0 Å². The lowest BCUT2D eigenvalue weighted by Gasteiger charge is -2.74. The molecule has 0 aromatic rings. The third-order valence-electron chi connectivity index (χ3n) is 14.0. The maximum Gasteiger partial charge on any atom is 0.417 e. The highest BCUT2D eigenvalue weighted by atomic mass is 16.7. The lowest BCUT2D eigenvalue weighted by molar-refractivity contribution is -0.357. The Hall–Kier alpha value is -4.16. The Kier molecular flexibility index (Phi) is 10.5. The number of hydrogen-bond donors (Lipinski definition) is 3. The summed E-state index contributed by atoms with van der Waals surface area (Å²) in [5.74, 6) is -12.2. The van der Waals surface area contributed by atoms with Gasteiger partial charge in [0.2, 0.25) is 5.60 Å². The SMILES string of the molecule is CCC1(COC(=O)C(=O)O)C(OC(C)=O)C(OC(C)=O)C2C(C)(CCC3C2(C)C(OC(C)=O)C(OC(C)=O)C2(C)C3(O)CC(=O)C3OC32C(=O)OC)C1CO. The molecule has 0 amide bonds. The Morgan fingerprint density at radius 3 is 1.89 bits per heavy atom. The van der Waals surface area contributed by atoms with E-state index in [9.17, 15) is 53.7 Å². The molecule has 3 N–H and O–H groups in total. The van der Waals surface area contributed by atoms with Gasteiger partial charge in [-0.15, -0.1) is 0 Å². The van der Waals surface area contributed by atoms with E-state index in [0.29, 0.717) is 0 Å². The van der Waals surface area contributed by atoms with Gasteiger partial charge in [-0.05, 0) is 37.5 Å². The highest BCUT2D eigenvalue weighted by Crippen LogP contribution is 2.77. The van der Waals surface area contributed by atoms with Crippen LogP contribution in [-0.2, 0) is 71.5 Å². The monoisotopic (exact) mass is 782 g/mol. The average Bonchev–Trinajstić information content (AvgIpc) is 3.86. The van der Waals surface area contributed by atoms with E-state index in [1.165, 1.54) is 6.92 Å². The van der Waals surface area contributed by atoms with Gasteiger partial charge in [0.1, 0.15) is 24.9 Å². The van der Waals surface area contributed by atoms with Gasteiger partial charge in [-0.1, -0.05) is 20.8 Å². The molecule has 5 rings (SSSR count). The molecule has 14 unspecified atom stereocenters. The standard InChI is InChI=1S/C37H50O18/c1-10-35(15-50-30(46)29(44)45)22(14-38)32(6)12-11-21-33(7,24(32)23(51-16(2)39)26(35)52-17(3)40)27(53-18(4)41)28(54-19(5)42)34(8)36(21,48)13-20(43)25-37(34,55-25)31(47)49-9/h21-28,38,48H,10-15H2,1-9H3,(H,44,45). The topological polar surface area (TPSA) is 265 Å².